The number of carbonyl (C=O) groups excluding carboxylic acids is 1. The summed E-state index contributed by atoms with van der Waals surface area (Å²) < 4.78 is 41.7. The zero-order chi connectivity index (χ0) is 16.6. The Hall–Kier alpha value is -1.91. The Balaban J connectivity index is 1.63. The van der Waals surface area contributed by atoms with Gasteiger partial charge in [-0.2, -0.15) is 18.3 Å². The maximum absolute atomic E-state index is 12.8. The summed E-state index contributed by atoms with van der Waals surface area (Å²) in [6.07, 6.45) is -0.957. The second-order valence-corrected chi connectivity index (χ2v) is 5.99. The summed E-state index contributed by atoms with van der Waals surface area (Å²) >= 11 is 3.26. The average molecular weight is 393 g/mol. The third-order valence-electron chi connectivity index (χ3n) is 3.52. The molecule has 0 N–H and O–H groups in total. The van der Waals surface area contributed by atoms with Crippen molar-refractivity contribution in [3.8, 4) is 0 Å². The Bertz CT molecular complexity index is 725. The number of fused-ring (bicyclic) bond motifs is 1. The number of aromatic nitrogens is 5. The van der Waals surface area contributed by atoms with Crippen molar-refractivity contribution in [3.63, 3.8) is 0 Å². The topological polar surface area (TPSA) is 68.8 Å². The van der Waals surface area contributed by atoms with Crippen molar-refractivity contribution >= 4 is 21.8 Å². The van der Waals surface area contributed by atoms with Crippen molar-refractivity contribution in [2.45, 2.75) is 32.2 Å². The van der Waals surface area contributed by atoms with Crippen LogP contribution in [0.2, 0.25) is 0 Å². The predicted octanol–water partition coefficient (Wildman–Crippen LogP) is 1.69. The van der Waals surface area contributed by atoms with Crippen LogP contribution in [0.4, 0.5) is 13.2 Å². The molecular formula is C12H12BrF3N6O. The molecule has 7 nitrogen and oxygen atoms in total. The van der Waals surface area contributed by atoms with Crippen LogP contribution in [0.5, 0.6) is 0 Å². The highest BCUT2D eigenvalue weighted by molar-refractivity contribution is 9.10. The van der Waals surface area contributed by atoms with E-state index in [2.05, 4.69) is 31.2 Å². The number of carbonyl (C=O) groups is 1. The molecule has 2 aromatic heterocycles. The van der Waals surface area contributed by atoms with Crippen molar-refractivity contribution in [3.05, 3.63) is 28.5 Å². The van der Waals surface area contributed by atoms with Gasteiger partial charge in [-0.05, 0) is 15.9 Å². The molecule has 124 valence electrons. The molecule has 0 aromatic carbocycles. The van der Waals surface area contributed by atoms with Crippen LogP contribution in [0.1, 0.15) is 18.1 Å². The van der Waals surface area contributed by atoms with Gasteiger partial charge in [0, 0.05) is 32.3 Å². The summed E-state index contributed by atoms with van der Waals surface area (Å²) in [6.45, 7) is 0.679. The first-order valence-corrected chi connectivity index (χ1v) is 7.59. The van der Waals surface area contributed by atoms with E-state index in [0.29, 0.717) is 6.54 Å². The summed E-state index contributed by atoms with van der Waals surface area (Å²) in [5.41, 5.74) is 0. The van der Waals surface area contributed by atoms with Crippen molar-refractivity contribution in [2.75, 3.05) is 6.54 Å². The first kappa shape index (κ1) is 16.0. The molecular weight excluding hydrogens is 381 g/mol. The van der Waals surface area contributed by atoms with Crippen molar-refractivity contribution in [1.82, 2.24) is 29.4 Å². The molecule has 0 radical (unpaired) electrons. The van der Waals surface area contributed by atoms with Crippen LogP contribution in [0.15, 0.2) is 16.9 Å². The Morgan fingerprint density at radius 3 is 2.74 bits per heavy atom. The van der Waals surface area contributed by atoms with Gasteiger partial charge in [0.2, 0.25) is 11.7 Å². The second kappa shape index (κ2) is 5.95. The van der Waals surface area contributed by atoms with Gasteiger partial charge < -0.3 is 9.47 Å². The molecule has 0 atom stereocenters. The normalized spacial score (nSPS) is 14.9. The fourth-order valence-corrected chi connectivity index (χ4v) is 2.74. The Morgan fingerprint density at radius 2 is 2.09 bits per heavy atom. The molecule has 2 aromatic rings. The number of hydrogen-bond acceptors (Lipinski definition) is 4. The zero-order valence-electron chi connectivity index (χ0n) is 11.8. The second-order valence-electron chi connectivity index (χ2n) is 5.08. The Labute approximate surface area is 137 Å². The van der Waals surface area contributed by atoms with Crippen molar-refractivity contribution in [2.24, 2.45) is 0 Å². The molecule has 1 amide bonds. The monoisotopic (exact) mass is 392 g/mol. The summed E-state index contributed by atoms with van der Waals surface area (Å²) in [7, 11) is 0. The third-order valence-corrected chi connectivity index (χ3v) is 3.93. The molecule has 1 aliphatic rings. The zero-order valence-corrected chi connectivity index (χ0v) is 13.4. The molecule has 0 bridgehead atoms. The first-order chi connectivity index (χ1) is 10.8. The van der Waals surface area contributed by atoms with E-state index >= 15 is 0 Å². The lowest BCUT2D eigenvalue weighted by molar-refractivity contribution is -0.148. The van der Waals surface area contributed by atoms with E-state index in [0.717, 1.165) is 9.04 Å². The minimum atomic E-state index is -4.54. The largest absolute Gasteiger partial charge is 0.451 e. The van der Waals surface area contributed by atoms with Crippen LogP contribution in [-0.2, 0) is 30.6 Å². The highest BCUT2D eigenvalue weighted by Gasteiger charge is 2.39. The molecule has 3 heterocycles. The van der Waals surface area contributed by atoms with Crippen LogP contribution in [0.25, 0.3) is 0 Å². The van der Waals surface area contributed by atoms with E-state index < -0.39 is 12.0 Å². The summed E-state index contributed by atoms with van der Waals surface area (Å²) in [6, 6.07) is 0. The van der Waals surface area contributed by atoms with Crippen LogP contribution in [0, 0.1) is 0 Å². The minimum Gasteiger partial charge on any atom is -0.333 e. The molecule has 1 aliphatic heterocycles. The van der Waals surface area contributed by atoms with E-state index in [1.165, 1.54) is 4.90 Å². The van der Waals surface area contributed by atoms with E-state index in [4.69, 9.17) is 0 Å². The SMILES string of the molecule is O=C(CCn1cc(Br)cn1)N1CCn2c(nnc2C(F)(F)F)C1. The number of hydrogen-bond donors (Lipinski definition) is 0. The van der Waals surface area contributed by atoms with Gasteiger partial charge in [-0.3, -0.25) is 9.48 Å². The highest BCUT2D eigenvalue weighted by Crippen LogP contribution is 2.29. The molecule has 0 unspecified atom stereocenters. The fraction of sp³-hybridized carbons (Fsp3) is 0.500. The van der Waals surface area contributed by atoms with Gasteiger partial charge in [-0.25, -0.2) is 0 Å². The van der Waals surface area contributed by atoms with Crippen LogP contribution in [0.3, 0.4) is 0 Å². The Kier molecular flexibility index (Phi) is 4.13. The van der Waals surface area contributed by atoms with Gasteiger partial charge in [0.05, 0.1) is 17.2 Å². The number of rotatable bonds is 3. The van der Waals surface area contributed by atoms with E-state index in [9.17, 15) is 18.0 Å². The molecule has 23 heavy (non-hydrogen) atoms. The lowest BCUT2D eigenvalue weighted by atomic mass is 10.3. The standard InChI is InChI=1S/C12H12BrF3N6O/c13-8-5-17-21(6-8)2-1-10(23)20-3-4-22-9(7-20)18-19-11(22)12(14,15)16/h5-6H,1-4,7H2. The number of aryl methyl sites for hydroxylation is 1. The minimum absolute atomic E-state index is 0.0325. The lowest BCUT2D eigenvalue weighted by Gasteiger charge is -2.28. The van der Waals surface area contributed by atoms with Crippen LogP contribution in [-0.4, -0.2) is 41.9 Å². The predicted molar refractivity (Wildman–Crippen MR) is 75.0 cm³/mol. The number of alkyl halides is 3. The van der Waals surface area contributed by atoms with E-state index in [1.807, 2.05) is 0 Å². The number of nitrogens with zero attached hydrogens (tertiary/aromatic N) is 6. The van der Waals surface area contributed by atoms with Gasteiger partial charge in [0.1, 0.15) is 0 Å². The van der Waals surface area contributed by atoms with Crippen molar-refractivity contribution in [1.29, 1.82) is 0 Å². The number of amides is 1. The van der Waals surface area contributed by atoms with Gasteiger partial charge >= 0.3 is 6.18 Å². The van der Waals surface area contributed by atoms with Gasteiger partial charge in [-0.15, -0.1) is 10.2 Å². The fourth-order valence-electron chi connectivity index (χ4n) is 2.41. The molecule has 0 spiro atoms. The molecule has 0 fully saturated rings. The number of halogens is 4. The average Bonchev–Trinajstić information content (AvgIpc) is 3.09. The maximum atomic E-state index is 12.8. The van der Waals surface area contributed by atoms with Crippen molar-refractivity contribution < 1.29 is 18.0 Å². The molecule has 0 saturated heterocycles. The first-order valence-electron chi connectivity index (χ1n) is 6.79. The Morgan fingerprint density at radius 1 is 1.30 bits per heavy atom. The highest BCUT2D eigenvalue weighted by atomic mass is 79.9. The van der Waals surface area contributed by atoms with Gasteiger partial charge in [-0.1, -0.05) is 0 Å². The third kappa shape index (κ3) is 3.38. The molecule has 3 rings (SSSR count). The molecule has 0 aliphatic carbocycles. The van der Waals surface area contributed by atoms with Crippen LogP contribution < -0.4 is 0 Å². The van der Waals surface area contributed by atoms with Gasteiger partial charge in [0.15, 0.2) is 5.82 Å². The van der Waals surface area contributed by atoms with E-state index in [1.54, 1.807) is 17.1 Å². The summed E-state index contributed by atoms with van der Waals surface area (Å²) in [5.74, 6) is -1.01. The maximum Gasteiger partial charge on any atom is 0.451 e. The van der Waals surface area contributed by atoms with E-state index in [-0.39, 0.29) is 37.8 Å². The summed E-state index contributed by atoms with van der Waals surface area (Å²) in [4.78, 5) is 13.7. The molecule has 0 saturated carbocycles. The lowest BCUT2D eigenvalue weighted by Crippen LogP contribution is -2.39. The quantitative estimate of drug-likeness (QED) is 0.796. The molecule has 11 heteroatoms. The van der Waals surface area contributed by atoms with Gasteiger partial charge in [0.25, 0.3) is 0 Å². The summed E-state index contributed by atoms with van der Waals surface area (Å²) in [5, 5.41) is 10.8. The van der Waals surface area contributed by atoms with Crippen LogP contribution >= 0.6 is 15.9 Å². The smallest absolute Gasteiger partial charge is 0.333 e.